The van der Waals surface area contributed by atoms with Crippen molar-refractivity contribution >= 4 is 9.84 Å². The lowest BCUT2D eigenvalue weighted by Gasteiger charge is -2.18. The van der Waals surface area contributed by atoms with Gasteiger partial charge in [-0.3, -0.25) is 4.98 Å². The predicted molar refractivity (Wildman–Crippen MR) is 79.0 cm³/mol. The zero-order valence-electron chi connectivity index (χ0n) is 12.0. The Balaban J connectivity index is 2.63. The first-order valence-electron chi connectivity index (χ1n) is 6.76. The molecular weight excluding hydrogens is 260 g/mol. The van der Waals surface area contributed by atoms with E-state index in [-0.39, 0.29) is 11.8 Å². The molecular formula is C14H24N2O2S. The highest BCUT2D eigenvalue weighted by molar-refractivity contribution is 7.90. The third kappa shape index (κ3) is 6.68. The highest BCUT2D eigenvalue weighted by Gasteiger charge is 2.12. The Bertz CT molecular complexity index is 469. The summed E-state index contributed by atoms with van der Waals surface area (Å²) in [6.45, 7) is 5.01. The summed E-state index contributed by atoms with van der Waals surface area (Å²) in [5.74, 6) is 0.247. The van der Waals surface area contributed by atoms with Crippen LogP contribution in [-0.2, 0) is 9.84 Å². The van der Waals surface area contributed by atoms with Gasteiger partial charge in [0.1, 0.15) is 9.84 Å². The highest BCUT2D eigenvalue weighted by atomic mass is 32.2. The van der Waals surface area contributed by atoms with Crippen molar-refractivity contribution in [2.45, 2.75) is 39.2 Å². The maximum absolute atomic E-state index is 11.2. The minimum absolute atomic E-state index is 0.190. The van der Waals surface area contributed by atoms with E-state index in [4.69, 9.17) is 0 Å². The third-order valence-corrected chi connectivity index (χ3v) is 4.02. The van der Waals surface area contributed by atoms with E-state index in [1.165, 1.54) is 6.26 Å². The Morgan fingerprint density at radius 3 is 2.63 bits per heavy atom. The van der Waals surface area contributed by atoms with E-state index in [0.717, 1.165) is 30.6 Å². The van der Waals surface area contributed by atoms with Gasteiger partial charge in [0, 0.05) is 29.9 Å². The number of hydrogen-bond donors (Lipinski definition) is 1. The minimum Gasteiger partial charge on any atom is -0.310 e. The van der Waals surface area contributed by atoms with E-state index in [2.05, 4.69) is 23.3 Å². The van der Waals surface area contributed by atoms with Gasteiger partial charge in [-0.15, -0.1) is 0 Å². The number of hydrogen-bond acceptors (Lipinski definition) is 4. The van der Waals surface area contributed by atoms with Crippen molar-refractivity contribution in [3.8, 4) is 0 Å². The molecule has 0 bridgehead atoms. The third-order valence-electron chi connectivity index (χ3n) is 2.99. The standard InChI is InChI=1S/C14H24N2O2S/c1-4-9-15-14(6-5-10-19(3,17)18)13-8-7-12(2)16-11-13/h7-8,11,14-15H,4-6,9-10H2,1-3H3. The zero-order valence-corrected chi connectivity index (χ0v) is 12.8. The fraction of sp³-hybridized carbons (Fsp3) is 0.643. The largest absolute Gasteiger partial charge is 0.310 e. The van der Waals surface area contributed by atoms with Gasteiger partial charge in [-0.05, 0) is 44.4 Å². The van der Waals surface area contributed by atoms with E-state index in [1.54, 1.807) is 0 Å². The molecule has 0 spiro atoms. The summed E-state index contributed by atoms with van der Waals surface area (Å²) < 4.78 is 22.4. The molecule has 0 aliphatic heterocycles. The van der Waals surface area contributed by atoms with Crippen molar-refractivity contribution in [2.75, 3.05) is 18.6 Å². The second kappa shape index (κ2) is 7.60. The quantitative estimate of drug-likeness (QED) is 0.795. The van der Waals surface area contributed by atoms with E-state index in [1.807, 2.05) is 19.2 Å². The van der Waals surface area contributed by atoms with Crippen LogP contribution in [0, 0.1) is 6.92 Å². The summed E-state index contributed by atoms with van der Waals surface area (Å²) in [5, 5.41) is 3.46. The average Bonchev–Trinajstić information content (AvgIpc) is 2.33. The summed E-state index contributed by atoms with van der Waals surface area (Å²) in [5.41, 5.74) is 2.13. The lowest BCUT2D eigenvalue weighted by Crippen LogP contribution is -2.23. The number of rotatable bonds is 8. The molecule has 1 aromatic heterocycles. The Morgan fingerprint density at radius 2 is 2.11 bits per heavy atom. The molecule has 0 saturated heterocycles. The van der Waals surface area contributed by atoms with Crippen molar-refractivity contribution in [1.82, 2.24) is 10.3 Å². The van der Waals surface area contributed by atoms with Gasteiger partial charge in [-0.25, -0.2) is 8.42 Å². The summed E-state index contributed by atoms with van der Waals surface area (Å²) in [6.07, 6.45) is 5.71. The number of sulfone groups is 1. The Morgan fingerprint density at radius 1 is 1.37 bits per heavy atom. The van der Waals surface area contributed by atoms with Crippen LogP contribution in [-0.4, -0.2) is 32.0 Å². The first-order valence-corrected chi connectivity index (χ1v) is 8.82. The van der Waals surface area contributed by atoms with E-state index in [9.17, 15) is 8.42 Å². The number of pyridine rings is 1. The Kier molecular flexibility index (Phi) is 6.45. The van der Waals surface area contributed by atoms with Crippen LogP contribution in [0.4, 0.5) is 0 Å². The Hall–Kier alpha value is -0.940. The van der Waals surface area contributed by atoms with Crippen molar-refractivity contribution < 1.29 is 8.42 Å². The molecule has 0 aliphatic carbocycles. The first-order chi connectivity index (χ1) is 8.92. The predicted octanol–water partition coefficient (Wildman–Crippen LogP) is 2.26. The van der Waals surface area contributed by atoms with Gasteiger partial charge in [0.25, 0.3) is 0 Å². The van der Waals surface area contributed by atoms with E-state index < -0.39 is 9.84 Å². The molecule has 0 aromatic carbocycles. The van der Waals surface area contributed by atoms with Crippen LogP contribution >= 0.6 is 0 Å². The molecule has 0 radical (unpaired) electrons. The summed E-state index contributed by atoms with van der Waals surface area (Å²) in [7, 11) is -2.87. The van der Waals surface area contributed by atoms with Gasteiger partial charge in [-0.2, -0.15) is 0 Å². The second-order valence-electron chi connectivity index (χ2n) is 5.01. The van der Waals surface area contributed by atoms with Gasteiger partial charge >= 0.3 is 0 Å². The SMILES string of the molecule is CCCNC(CCCS(C)(=O)=O)c1ccc(C)nc1. The number of nitrogens with one attached hydrogen (secondary N) is 1. The summed E-state index contributed by atoms with van der Waals surface area (Å²) in [6, 6.07) is 4.25. The molecule has 0 saturated carbocycles. The lowest BCUT2D eigenvalue weighted by atomic mass is 10.0. The molecule has 1 N–H and O–H groups in total. The molecule has 5 heteroatoms. The fourth-order valence-electron chi connectivity index (χ4n) is 1.94. The molecule has 1 aromatic rings. The van der Waals surface area contributed by atoms with Crippen molar-refractivity contribution in [2.24, 2.45) is 0 Å². The molecule has 1 atom stereocenters. The van der Waals surface area contributed by atoms with Crippen molar-refractivity contribution in [3.63, 3.8) is 0 Å². The second-order valence-corrected chi connectivity index (χ2v) is 7.27. The van der Waals surface area contributed by atoms with Crippen LogP contribution in [0.5, 0.6) is 0 Å². The number of aromatic nitrogens is 1. The summed E-state index contributed by atoms with van der Waals surface area (Å²) in [4.78, 5) is 4.31. The maximum Gasteiger partial charge on any atom is 0.147 e. The summed E-state index contributed by atoms with van der Waals surface area (Å²) >= 11 is 0. The highest BCUT2D eigenvalue weighted by Crippen LogP contribution is 2.18. The number of nitrogens with zero attached hydrogens (tertiary/aromatic N) is 1. The first kappa shape index (κ1) is 16.1. The van der Waals surface area contributed by atoms with Crippen LogP contribution in [0.25, 0.3) is 0 Å². The topological polar surface area (TPSA) is 59.1 Å². The molecule has 19 heavy (non-hydrogen) atoms. The molecule has 0 amide bonds. The van der Waals surface area contributed by atoms with Crippen molar-refractivity contribution in [3.05, 3.63) is 29.6 Å². The minimum atomic E-state index is -2.87. The van der Waals surface area contributed by atoms with Crippen LogP contribution in [0.3, 0.4) is 0 Å². The van der Waals surface area contributed by atoms with Gasteiger partial charge in [0.15, 0.2) is 0 Å². The van der Waals surface area contributed by atoms with Crippen LogP contribution in [0.1, 0.15) is 43.5 Å². The normalized spacial score (nSPS) is 13.4. The van der Waals surface area contributed by atoms with Gasteiger partial charge in [0.2, 0.25) is 0 Å². The Labute approximate surface area is 116 Å². The number of aryl methyl sites for hydroxylation is 1. The maximum atomic E-state index is 11.2. The lowest BCUT2D eigenvalue weighted by molar-refractivity contribution is 0.491. The molecule has 108 valence electrons. The van der Waals surface area contributed by atoms with Gasteiger partial charge in [0.05, 0.1) is 0 Å². The smallest absolute Gasteiger partial charge is 0.147 e. The zero-order chi connectivity index (χ0) is 14.3. The average molecular weight is 284 g/mol. The molecule has 0 aliphatic rings. The molecule has 1 heterocycles. The van der Waals surface area contributed by atoms with Crippen molar-refractivity contribution in [1.29, 1.82) is 0 Å². The van der Waals surface area contributed by atoms with Gasteiger partial charge < -0.3 is 5.32 Å². The van der Waals surface area contributed by atoms with Gasteiger partial charge in [-0.1, -0.05) is 13.0 Å². The van der Waals surface area contributed by atoms with Crippen LogP contribution in [0.15, 0.2) is 18.3 Å². The van der Waals surface area contributed by atoms with E-state index in [0.29, 0.717) is 6.42 Å². The fourth-order valence-corrected chi connectivity index (χ4v) is 2.63. The molecule has 0 fully saturated rings. The molecule has 1 unspecified atom stereocenters. The monoisotopic (exact) mass is 284 g/mol. The van der Waals surface area contributed by atoms with Crippen LogP contribution < -0.4 is 5.32 Å². The van der Waals surface area contributed by atoms with Crippen LogP contribution in [0.2, 0.25) is 0 Å². The molecule has 4 nitrogen and oxygen atoms in total. The van der Waals surface area contributed by atoms with E-state index >= 15 is 0 Å². The molecule has 1 rings (SSSR count).